The van der Waals surface area contributed by atoms with Crippen LogP contribution in [0.4, 0.5) is 13.2 Å². The molecule has 0 aromatic rings. The molecule has 0 spiro atoms. The summed E-state index contributed by atoms with van der Waals surface area (Å²) in [6, 6.07) is 0. The van der Waals surface area contributed by atoms with Crippen molar-refractivity contribution < 1.29 is 32.6 Å². The van der Waals surface area contributed by atoms with Crippen LogP contribution in [0.3, 0.4) is 0 Å². The number of nitrogens with zero attached hydrogens (tertiary/aromatic N) is 1. The van der Waals surface area contributed by atoms with Gasteiger partial charge >= 0.3 is 18.1 Å². The first-order valence-corrected chi connectivity index (χ1v) is 5.36. The fraction of sp³-hybridized carbons (Fsp3) is 0.800. The van der Waals surface area contributed by atoms with E-state index in [2.05, 4.69) is 0 Å². The summed E-state index contributed by atoms with van der Waals surface area (Å²) in [5, 5.41) is 8.64. The van der Waals surface area contributed by atoms with E-state index in [-0.39, 0.29) is 13.2 Å². The summed E-state index contributed by atoms with van der Waals surface area (Å²) in [5.74, 6) is -4.38. The zero-order valence-electron chi connectivity index (χ0n) is 10.2. The molecule has 8 heteroatoms. The standard InChI is InChI=1S/C10H16F3NO4/c1-3-18-5-4-14(6-7(2)8(15)16)9(17)10(11,12)13/h7H,3-6H2,1-2H3,(H,15,16). The Balaban J connectivity index is 4.61. The maximum absolute atomic E-state index is 12.3. The van der Waals surface area contributed by atoms with Crippen molar-refractivity contribution in [1.82, 2.24) is 4.90 Å². The van der Waals surface area contributed by atoms with Crippen LogP contribution < -0.4 is 0 Å². The molecule has 1 unspecified atom stereocenters. The van der Waals surface area contributed by atoms with E-state index in [9.17, 15) is 22.8 Å². The van der Waals surface area contributed by atoms with Gasteiger partial charge in [-0.05, 0) is 6.92 Å². The van der Waals surface area contributed by atoms with Crippen LogP contribution in [-0.2, 0) is 14.3 Å². The molecule has 0 radical (unpaired) electrons. The number of ether oxygens (including phenoxy) is 1. The molecule has 5 nitrogen and oxygen atoms in total. The maximum Gasteiger partial charge on any atom is 0.471 e. The summed E-state index contributed by atoms with van der Waals surface area (Å²) in [6.45, 7) is 2.35. The van der Waals surface area contributed by atoms with Crippen molar-refractivity contribution in [3.63, 3.8) is 0 Å². The fourth-order valence-electron chi connectivity index (χ4n) is 1.18. The molecule has 0 aromatic carbocycles. The van der Waals surface area contributed by atoms with E-state index in [1.54, 1.807) is 6.92 Å². The van der Waals surface area contributed by atoms with Gasteiger partial charge < -0.3 is 14.7 Å². The number of carbonyl (C=O) groups excluding carboxylic acids is 1. The zero-order valence-corrected chi connectivity index (χ0v) is 10.2. The van der Waals surface area contributed by atoms with E-state index in [1.807, 2.05) is 0 Å². The van der Waals surface area contributed by atoms with E-state index in [1.165, 1.54) is 6.92 Å². The second-order valence-electron chi connectivity index (χ2n) is 3.69. The van der Waals surface area contributed by atoms with Crippen LogP contribution in [0, 0.1) is 5.92 Å². The van der Waals surface area contributed by atoms with Crippen LogP contribution >= 0.6 is 0 Å². The van der Waals surface area contributed by atoms with Crippen LogP contribution in [0.2, 0.25) is 0 Å². The second kappa shape index (κ2) is 7.20. The summed E-state index contributed by atoms with van der Waals surface area (Å²) in [6.07, 6.45) is -5.01. The van der Waals surface area contributed by atoms with E-state index in [0.29, 0.717) is 11.5 Å². The molecule has 0 aliphatic rings. The number of carboxylic acid groups (broad SMARTS) is 1. The summed E-state index contributed by atoms with van der Waals surface area (Å²) >= 11 is 0. The Hall–Kier alpha value is -1.31. The van der Waals surface area contributed by atoms with Crippen molar-refractivity contribution in [3.8, 4) is 0 Å². The lowest BCUT2D eigenvalue weighted by molar-refractivity contribution is -0.187. The number of alkyl halides is 3. The van der Waals surface area contributed by atoms with Gasteiger partial charge in [0.15, 0.2) is 0 Å². The van der Waals surface area contributed by atoms with Gasteiger partial charge in [-0.2, -0.15) is 13.2 Å². The molecule has 106 valence electrons. The molecule has 0 bridgehead atoms. The van der Waals surface area contributed by atoms with E-state index < -0.39 is 30.5 Å². The smallest absolute Gasteiger partial charge is 0.471 e. The number of carbonyl (C=O) groups is 2. The van der Waals surface area contributed by atoms with Crippen LogP contribution in [0.15, 0.2) is 0 Å². The average molecular weight is 271 g/mol. The minimum Gasteiger partial charge on any atom is -0.481 e. The highest BCUT2D eigenvalue weighted by atomic mass is 19.4. The minimum absolute atomic E-state index is 0.0648. The molecule has 0 heterocycles. The molecule has 0 aliphatic heterocycles. The monoisotopic (exact) mass is 271 g/mol. The normalized spacial score (nSPS) is 13.2. The summed E-state index contributed by atoms with van der Waals surface area (Å²) in [5.41, 5.74) is 0. The third-order valence-electron chi connectivity index (χ3n) is 2.16. The Morgan fingerprint density at radius 1 is 1.39 bits per heavy atom. The van der Waals surface area contributed by atoms with Gasteiger partial charge in [-0.15, -0.1) is 0 Å². The predicted octanol–water partition coefficient (Wildman–Crippen LogP) is 1.13. The molecule has 0 aromatic heterocycles. The lowest BCUT2D eigenvalue weighted by atomic mass is 10.1. The third kappa shape index (κ3) is 5.85. The van der Waals surface area contributed by atoms with Crippen molar-refractivity contribution in [1.29, 1.82) is 0 Å². The van der Waals surface area contributed by atoms with Gasteiger partial charge in [0.25, 0.3) is 0 Å². The Bertz CT molecular complexity index is 293. The molecular formula is C10H16F3NO4. The van der Waals surface area contributed by atoms with Gasteiger partial charge in [0.2, 0.25) is 0 Å². The van der Waals surface area contributed by atoms with Crippen molar-refractivity contribution >= 4 is 11.9 Å². The van der Waals surface area contributed by atoms with Crippen LogP contribution in [0.1, 0.15) is 13.8 Å². The van der Waals surface area contributed by atoms with Crippen molar-refractivity contribution in [2.75, 3.05) is 26.3 Å². The number of amides is 1. The molecule has 0 aliphatic carbocycles. The molecule has 0 rings (SSSR count). The van der Waals surface area contributed by atoms with Gasteiger partial charge in [-0.25, -0.2) is 0 Å². The van der Waals surface area contributed by atoms with Crippen LogP contribution in [-0.4, -0.2) is 54.4 Å². The quantitative estimate of drug-likeness (QED) is 0.705. The van der Waals surface area contributed by atoms with E-state index >= 15 is 0 Å². The molecule has 1 amide bonds. The molecule has 0 saturated heterocycles. The average Bonchev–Trinajstić information content (AvgIpc) is 2.25. The maximum atomic E-state index is 12.3. The predicted molar refractivity (Wildman–Crippen MR) is 55.9 cm³/mol. The highest BCUT2D eigenvalue weighted by Gasteiger charge is 2.42. The SMILES string of the molecule is CCOCCN(CC(C)C(=O)O)C(=O)C(F)(F)F. The van der Waals surface area contributed by atoms with Gasteiger partial charge in [-0.3, -0.25) is 9.59 Å². The van der Waals surface area contributed by atoms with Gasteiger partial charge in [0.05, 0.1) is 12.5 Å². The van der Waals surface area contributed by atoms with E-state index in [4.69, 9.17) is 9.84 Å². The lowest BCUT2D eigenvalue weighted by Crippen LogP contribution is -2.45. The second-order valence-corrected chi connectivity index (χ2v) is 3.69. The van der Waals surface area contributed by atoms with Crippen molar-refractivity contribution in [2.24, 2.45) is 5.92 Å². The van der Waals surface area contributed by atoms with Gasteiger partial charge in [0, 0.05) is 19.7 Å². The lowest BCUT2D eigenvalue weighted by Gasteiger charge is -2.25. The van der Waals surface area contributed by atoms with Crippen molar-refractivity contribution in [3.05, 3.63) is 0 Å². The summed E-state index contributed by atoms with van der Waals surface area (Å²) in [4.78, 5) is 22.1. The summed E-state index contributed by atoms with van der Waals surface area (Å²) < 4.78 is 41.7. The molecule has 18 heavy (non-hydrogen) atoms. The molecule has 0 fully saturated rings. The first-order valence-electron chi connectivity index (χ1n) is 5.36. The molecule has 1 atom stereocenters. The van der Waals surface area contributed by atoms with Crippen molar-refractivity contribution in [2.45, 2.75) is 20.0 Å². The number of hydrogen-bond donors (Lipinski definition) is 1. The Morgan fingerprint density at radius 2 is 1.94 bits per heavy atom. The number of aliphatic carboxylic acids is 1. The topological polar surface area (TPSA) is 66.8 Å². The molecule has 0 saturated carbocycles. The van der Waals surface area contributed by atoms with Gasteiger partial charge in [-0.1, -0.05) is 6.92 Å². The highest BCUT2D eigenvalue weighted by Crippen LogP contribution is 2.19. The highest BCUT2D eigenvalue weighted by molar-refractivity contribution is 5.82. The van der Waals surface area contributed by atoms with Crippen LogP contribution in [0.25, 0.3) is 0 Å². The first-order chi connectivity index (χ1) is 8.20. The number of rotatable bonds is 7. The largest absolute Gasteiger partial charge is 0.481 e. The zero-order chi connectivity index (χ0) is 14.3. The number of halogens is 3. The van der Waals surface area contributed by atoms with Crippen LogP contribution in [0.5, 0.6) is 0 Å². The Kier molecular flexibility index (Phi) is 6.67. The minimum atomic E-state index is -5.01. The third-order valence-corrected chi connectivity index (χ3v) is 2.16. The first kappa shape index (κ1) is 16.7. The molecule has 1 N–H and O–H groups in total. The molecular weight excluding hydrogens is 255 g/mol. The number of carboxylic acids is 1. The number of hydrogen-bond acceptors (Lipinski definition) is 3. The fourth-order valence-corrected chi connectivity index (χ4v) is 1.18. The van der Waals surface area contributed by atoms with Gasteiger partial charge in [0.1, 0.15) is 0 Å². The van der Waals surface area contributed by atoms with E-state index in [0.717, 1.165) is 0 Å². The summed E-state index contributed by atoms with van der Waals surface area (Å²) in [7, 11) is 0. The Labute approximate surface area is 103 Å². The Morgan fingerprint density at radius 3 is 2.33 bits per heavy atom.